The molecule has 6 heteroatoms. The van der Waals surface area contributed by atoms with Crippen molar-refractivity contribution in [3.63, 3.8) is 0 Å². The Morgan fingerprint density at radius 1 is 1.36 bits per heavy atom. The lowest BCUT2D eigenvalue weighted by Gasteiger charge is -2.23. The van der Waals surface area contributed by atoms with Crippen molar-refractivity contribution in [1.29, 1.82) is 0 Å². The molecule has 3 rings (SSSR count). The molecule has 0 atom stereocenters. The van der Waals surface area contributed by atoms with Crippen molar-refractivity contribution in [3.8, 4) is 0 Å². The lowest BCUT2D eigenvalue weighted by atomic mass is 10.1. The van der Waals surface area contributed by atoms with Crippen LogP contribution >= 0.6 is 28.3 Å². The molecule has 0 aliphatic carbocycles. The van der Waals surface area contributed by atoms with Gasteiger partial charge in [0.25, 0.3) is 5.91 Å². The van der Waals surface area contributed by atoms with Crippen LogP contribution in [0.5, 0.6) is 0 Å². The Morgan fingerprint density at radius 2 is 2.14 bits per heavy atom. The van der Waals surface area contributed by atoms with Crippen LogP contribution in [0.3, 0.4) is 0 Å². The number of nitrogens with one attached hydrogen (secondary N) is 1. The van der Waals surface area contributed by atoms with Gasteiger partial charge >= 0.3 is 0 Å². The number of hydrogen-bond donors (Lipinski definition) is 1. The maximum absolute atomic E-state index is 13.0. The van der Waals surface area contributed by atoms with Crippen molar-refractivity contribution in [3.05, 3.63) is 52.3 Å². The Balaban J connectivity index is 0.00000176. The zero-order valence-electron chi connectivity index (χ0n) is 12.4. The van der Waals surface area contributed by atoms with E-state index in [1.807, 2.05) is 46.9 Å². The molecule has 1 aliphatic heterocycles. The number of carbonyl (C=O) groups is 1. The van der Waals surface area contributed by atoms with Gasteiger partial charge < -0.3 is 14.8 Å². The van der Waals surface area contributed by atoms with Gasteiger partial charge in [-0.2, -0.15) is 0 Å². The summed E-state index contributed by atoms with van der Waals surface area (Å²) in [7, 11) is 0. The van der Waals surface area contributed by atoms with Gasteiger partial charge in [0, 0.05) is 42.5 Å². The number of carbonyl (C=O) groups excluding carboxylic acids is 1. The van der Waals surface area contributed by atoms with E-state index in [0.717, 1.165) is 41.1 Å². The van der Waals surface area contributed by atoms with Gasteiger partial charge in [0.15, 0.2) is 0 Å². The summed E-state index contributed by atoms with van der Waals surface area (Å²) in [6, 6.07) is 9.99. The standard InChI is InChI=1S/C16H18BrN3O.ClH/c1-2-19-11-13(17)9-15(19)16(21)20-8-7-18-10-12-5-3-4-6-14(12)20;/h3-6,9,11,18H,2,7-8,10H2,1H3;1H. The smallest absolute Gasteiger partial charge is 0.274 e. The second-order valence-corrected chi connectivity index (χ2v) is 6.01. The normalized spacial score (nSPS) is 14.0. The van der Waals surface area contributed by atoms with Crippen molar-refractivity contribution in [2.45, 2.75) is 20.0 Å². The van der Waals surface area contributed by atoms with E-state index >= 15 is 0 Å². The molecule has 1 aliphatic rings. The van der Waals surface area contributed by atoms with E-state index in [0.29, 0.717) is 6.54 Å². The molecule has 0 saturated carbocycles. The second kappa shape index (κ2) is 7.31. The fourth-order valence-corrected chi connectivity index (χ4v) is 3.19. The van der Waals surface area contributed by atoms with Crippen molar-refractivity contribution < 1.29 is 4.79 Å². The molecule has 1 N–H and O–H groups in total. The quantitative estimate of drug-likeness (QED) is 0.861. The molecule has 1 aromatic heterocycles. The SMILES string of the molecule is CCn1cc(Br)cc1C(=O)N1CCNCc2ccccc21.Cl. The third-order valence-corrected chi connectivity index (χ3v) is 4.21. The van der Waals surface area contributed by atoms with E-state index in [9.17, 15) is 4.79 Å². The van der Waals surface area contributed by atoms with Crippen molar-refractivity contribution in [2.75, 3.05) is 18.0 Å². The zero-order chi connectivity index (χ0) is 14.8. The van der Waals surface area contributed by atoms with E-state index in [-0.39, 0.29) is 18.3 Å². The summed E-state index contributed by atoms with van der Waals surface area (Å²) in [4.78, 5) is 14.8. The number of benzene rings is 1. The minimum atomic E-state index is 0. The molecule has 1 amide bonds. The molecule has 4 nitrogen and oxygen atoms in total. The van der Waals surface area contributed by atoms with Crippen LogP contribution in [0, 0.1) is 0 Å². The van der Waals surface area contributed by atoms with Gasteiger partial charge in [-0.3, -0.25) is 4.79 Å². The first-order chi connectivity index (χ1) is 10.2. The predicted octanol–water partition coefficient (Wildman–Crippen LogP) is 3.44. The number of rotatable bonds is 2. The van der Waals surface area contributed by atoms with Gasteiger partial charge in [0.05, 0.1) is 0 Å². The molecule has 118 valence electrons. The lowest BCUT2D eigenvalue weighted by Crippen LogP contribution is -2.35. The molecule has 0 saturated heterocycles. The molecule has 0 radical (unpaired) electrons. The largest absolute Gasteiger partial charge is 0.343 e. The van der Waals surface area contributed by atoms with E-state index in [1.165, 1.54) is 0 Å². The molecular formula is C16H19BrClN3O. The Hall–Kier alpha value is -1.30. The first kappa shape index (κ1) is 17.1. The fourth-order valence-electron chi connectivity index (χ4n) is 2.72. The monoisotopic (exact) mass is 383 g/mol. The van der Waals surface area contributed by atoms with E-state index in [4.69, 9.17) is 0 Å². The highest BCUT2D eigenvalue weighted by molar-refractivity contribution is 9.10. The van der Waals surface area contributed by atoms with Crippen molar-refractivity contribution in [1.82, 2.24) is 9.88 Å². The van der Waals surface area contributed by atoms with E-state index in [2.05, 4.69) is 27.3 Å². The minimum absolute atomic E-state index is 0. The van der Waals surface area contributed by atoms with E-state index < -0.39 is 0 Å². The van der Waals surface area contributed by atoms with Crippen LogP contribution < -0.4 is 10.2 Å². The number of halogens is 2. The number of aromatic nitrogens is 1. The molecule has 0 unspecified atom stereocenters. The van der Waals surface area contributed by atoms with Crippen LogP contribution in [-0.4, -0.2) is 23.6 Å². The van der Waals surface area contributed by atoms with Gasteiger partial charge in [-0.05, 0) is 40.5 Å². The third-order valence-electron chi connectivity index (χ3n) is 3.78. The van der Waals surface area contributed by atoms with Gasteiger partial charge in [0.1, 0.15) is 5.69 Å². The van der Waals surface area contributed by atoms with Crippen LogP contribution in [0.2, 0.25) is 0 Å². The number of nitrogens with zero attached hydrogens (tertiary/aromatic N) is 2. The molecule has 1 aromatic carbocycles. The lowest BCUT2D eigenvalue weighted by molar-refractivity contribution is 0.0979. The maximum atomic E-state index is 13.0. The third kappa shape index (κ3) is 3.21. The molecule has 2 heterocycles. The molecular weight excluding hydrogens is 366 g/mol. The highest BCUT2D eigenvalue weighted by Crippen LogP contribution is 2.25. The number of anilines is 1. The van der Waals surface area contributed by atoms with Crippen LogP contribution in [-0.2, 0) is 13.1 Å². The van der Waals surface area contributed by atoms with Crippen LogP contribution in [0.1, 0.15) is 23.0 Å². The Morgan fingerprint density at radius 3 is 2.91 bits per heavy atom. The summed E-state index contributed by atoms with van der Waals surface area (Å²) < 4.78 is 2.92. The maximum Gasteiger partial charge on any atom is 0.274 e. The van der Waals surface area contributed by atoms with Gasteiger partial charge in [-0.1, -0.05) is 18.2 Å². The van der Waals surface area contributed by atoms with Gasteiger partial charge in [0.2, 0.25) is 0 Å². The Labute approximate surface area is 145 Å². The fraction of sp³-hybridized carbons (Fsp3) is 0.312. The van der Waals surface area contributed by atoms with Crippen LogP contribution in [0.15, 0.2) is 41.0 Å². The average molecular weight is 385 g/mol. The van der Waals surface area contributed by atoms with E-state index in [1.54, 1.807) is 0 Å². The number of aryl methyl sites for hydroxylation is 1. The molecule has 0 fully saturated rings. The number of hydrogen-bond acceptors (Lipinski definition) is 2. The summed E-state index contributed by atoms with van der Waals surface area (Å²) in [5.41, 5.74) is 2.89. The minimum Gasteiger partial charge on any atom is -0.343 e. The number of fused-ring (bicyclic) bond motifs is 1. The van der Waals surface area contributed by atoms with Crippen molar-refractivity contribution in [2.24, 2.45) is 0 Å². The first-order valence-electron chi connectivity index (χ1n) is 7.17. The van der Waals surface area contributed by atoms with Crippen molar-refractivity contribution >= 4 is 39.9 Å². The first-order valence-corrected chi connectivity index (χ1v) is 7.96. The Kier molecular flexibility index (Phi) is 5.67. The molecule has 0 spiro atoms. The summed E-state index contributed by atoms with van der Waals surface area (Å²) >= 11 is 3.46. The molecule has 0 bridgehead atoms. The molecule has 2 aromatic rings. The molecule has 22 heavy (non-hydrogen) atoms. The topological polar surface area (TPSA) is 37.3 Å². The zero-order valence-corrected chi connectivity index (χ0v) is 14.8. The average Bonchev–Trinajstić information content (AvgIpc) is 2.75. The summed E-state index contributed by atoms with van der Waals surface area (Å²) in [5, 5.41) is 3.36. The van der Waals surface area contributed by atoms with Crippen LogP contribution in [0.25, 0.3) is 0 Å². The van der Waals surface area contributed by atoms with Crippen LogP contribution in [0.4, 0.5) is 5.69 Å². The summed E-state index contributed by atoms with van der Waals surface area (Å²) in [6.45, 7) is 5.11. The highest BCUT2D eigenvalue weighted by Gasteiger charge is 2.24. The highest BCUT2D eigenvalue weighted by atomic mass is 79.9. The Bertz CT molecular complexity index is 671. The van der Waals surface area contributed by atoms with Gasteiger partial charge in [-0.25, -0.2) is 0 Å². The summed E-state index contributed by atoms with van der Waals surface area (Å²) in [6.07, 6.45) is 1.95. The summed E-state index contributed by atoms with van der Waals surface area (Å²) in [5.74, 6) is 0.0544. The van der Waals surface area contributed by atoms with Gasteiger partial charge in [-0.15, -0.1) is 12.4 Å². The second-order valence-electron chi connectivity index (χ2n) is 5.09. The number of amides is 1. The predicted molar refractivity (Wildman–Crippen MR) is 94.9 cm³/mol. The number of para-hydroxylation sites is 1.